The Morgan fingerprint density at radius 1 is 1.04 bits per heavy atom. The maximum Gasteiger partial charge on any atom is 0.164 e. The van der Waals surface area contributed by atoms with Crippen molar-refractivity contribution in [3.63, 3.8) is 0 Å². The van der Waals surface area contributed by atoms with E-state index in [0.717, 1.165) is 10.9 Å². The summed E-state index contributed by atoms with van der Waals surface area (Å²) in [7, 11) is 0. The molecule has 4 N–H and O–H groups in total. The highest BCUT2D eigenvalue weighted by molar-refractivity contribution is 5.92. The number of H-pyrrole nitrogens is 2. The van der Waals surface area contributed by atoms with Crippen molar-refractivity contribution in [3.05, 3.63) is 65.1 Å². The van der Waals surface area contributed by atoms with Gasteiger partial charge in [0.1, 0.15) is 17.5 Å². The summed E-state index contributed by atoms with van der Waals surface area (Å²) in [6, 6.07) is 9.10. The second kappa shape index (κ2) is 6.49. The number of nitrogens with zero attached hydrogens (tertiary/aromatic N) is 3. The Bertz CT molecular complexity index is 1090. The lowest BCUT2D eigenvalue weighted by molar-refractivity contribution is 0.627. The van der Waals surface area contributed by atoms with Gasteiger partial charge in [0.05, 0.1) is 23.3 Å². The first-order valence-electron chi connectivity index (χ1n) is 7.87. The second-order valence-corrected chi connectivity index (χ2v) is 5.70. The van der Waals surface area contributed by atoms with Crippen LogP contribution in [0.1, 0.15) is 17.1 Å². The molecule has 0 fully saturated rings. The number of aromatic amines is 2. The molecule has 2 heterocycles. The van der Waals surface area contributed by atoms with Crippen LogP contribution in [-0.2, 0) is 6.54 Å². The van der Waals surface area contributed by atoms with Gasteiger partial charge >= 0.3 is 0 Å². The molecule has 0 unspecified atom stereocenters. The summed E-state index contributed by atoms with van der Waals surface area (Å²) in [5.74, 6) is 0.0361. The molecule has 0 saturated carbocycles. The molecule has 8 heteroatoms. The number of rotatable bonds is 4. The number of hydrogen-bond acceptors (Lipinski definition) is 4. The normalized spacial score (nSPS) is 11.7. The van der Waals surface area contributed by atoms with Gasteiger partial charge in [-0.25, -0.2) is 8.78 Å². The molecule has 0 amide bonds. The third-order valence-electron chi connectivity index (χ3n) is 3.97. The number of nitrogens with two attached hydrogens (primary N) is 1. The van der Waals surface area contributed by atoms with Gasteiger partial charge in [0.15, 0.2) is 5.82 Å². The molecule has 6 nitrogen and oxygen atoms in total. The van der Waals surface area contributed by atoms with Crippen molar-refractivity contribution in [3.8, 4) is 11.4 Å². The average Bonchev–Trinajstić information content (AvgIpc) is 3.27. The lowest BCUT2D eigenvalue weighted by Crippen LogP contribution is -1.98. The van der Waals surface area contributed by atoms with Gasteiger partial charge < -0.3 is 10.7 Å². The van der Waals surface area contributed by atoms with Crippen molar-refractivity contribution in [1.82, 2.24) is 25.4 Å². The van der Waals surface area contributed by atoms with Crippen molar-refractivity contribution < 1.29 is 8.78 Å². The topological polar surface area (TPSA) is 96.3 Å². The van der Waals surface area contributed by atoms with Crippen LogP contribution in [0, 0.1) is 11.6 Å². The monoisotopic (exact) mass is 352 g/mol. The van der Waals surface area contributed by atoms with E-state index in [9.17, 15) is 8.78 Å². The van der Waals surface area contributed by atoms with Crippen LogP contribution >= 0.6 is 0 Å². The van der Waals surface area contributed by atoms with Gasteiger partial charge in [-0.3, -0.25) is 5.10 Å². The van der Waals surface area contributed by atoms with E-state index in [1.54, 1.807) is 30.4 Å². The van der Waals surface area contributed by atoms with Crippen LogP contribution in [0.3, 0.4) is 0 Å². The Morgan fingerprint density at radius 3 is 2.58 bits per heavy atom. The van der Waals surface area contributed by atoms with Crippen LogP contribution in [0.15, 0.2) is 36.4 Å². The van der Waals surface area contributed by atoms with Gasteiger partial charge in [-0.15, -0.1) is 10.2 Å². The average molecular weight is 352 g/mol. The van der Waals surface area contributed by atoms with Gasteiger partial charge in [-0.1, -0.05) is 18.2 Å². The highest BCUT2D eigenvalue weighted by atomic mass is 19.1. The van der Waals surface area contributed by atoms with Crippen LogP contribution in [0.4, 0.5) is 8.78 Å². The summed E-state index contributed by atoms with van der Waals surface area (Å²) in [6.07, 6.45) is 3.58. The molecule has 0 spiro atoms. The van der Waals surface area contributed by atoms with Crippen molar-refractivity contribution in [2.75, 3.05) is 0 Å². The third kappa shape index (κ3) is 2.98. The molecule has 0 atom stereocenters. The largest absolute Gasteiger partial charge is 0.324 e. The van der Waals surface area contributed by atoms with Crippen molar-refractivity contribution in [2.45, 2.75) is 6.54 Å². The lowest BCUT2D eigenvalue weighted by atomic mass is 10.1. The molecule has 4 rings (SSSR count). The van der Waals surface area contributed by atoms with E-state index in [1.807, 2.05) is 0 Å². The quantitative estimate of drug-likeness (QED) is 0.525. The smallest absolute Gasteiger partial charge is 0.164 e. The van der Waals surface area contributed by atoms with Gasteiger partial charge in [-0.2, -0.15) is 5.10 Å². The molecule has 130 valence electrons. The van der Waals surface area contributed by atoms with E-state index in [2.05, 4.69) is 25.4 Å². The van der Waals surface area contributed by atoms with Gasteiger partial charge in [0.25, 0.3) is 0 Å². The van der Waals surface area contributed by atoms with Crippen LogP contribution in [0.2, 0.25) is 0 Å². The summed E-state index contributed by atoms with van der Waals surface area (Å²) in [5.41, 5.74) is 7.80. The van der Waals surface area contributed by atoms with Gasteiger partial charge in [0, 0.05) is 11.5 Å². The predicted molar refractivity (Wildman–Crippen MR) is 94.6 cm³/mol. The summed E-state index contributed by atoms with van der Waals surface area (Å²) >= 11 is 0. The molecule has 26 heavy (non-hydrogen) atoms. The Morgan fingerprint density at radius 2 is 1.85 bits per heavy atom. The van der Waals surface area contributed by atoms with E-state index in [-0.39, 0.29) is 17.9 Å². The molecular formula is C18H14F2N6. The molecule has 2 aromatic carbocycles. The van der Waals surface area contributed by atoms with E-state index in [0.29, 0.717) is 22.9 Å². The fourth-order valence-electron chi connectivity index (χ4n) is 2.63. The first-order valence-corrected chi connectivity index (χ1v) is 7.87. The fraction of sp³-hybridized carbons (Fsp3) is 0.0556. The minimum absolute atomic E-state index is 0.189. The minimum Gasteiger partial charge on any atom is -0.324 e. The molecule has 0 aliphatic heterocycles. The number of nitrogens with one attached hydrogen (secondary N) is 2. The molecule has 0 aliphatic carbocycles. The first-order chi connectivity index (χ1) is 12.6. The maximum absolute atomic E-state index is 14.4. The van der Waals surface area contributed by atoms with Crippen LogP contribution in [0.25, 0.3) is 34.4 Å². The van der Waals surface area contributed by atoms with E-state index < -0.39 is 5.82 Å². The zero-order valence-corrected chi connectivity index (χ0v) is 13.5. The van der Waals surface area contributed by atoms with Crippen molar-refractivity contribution in [2.24, 2.45) is 5.73 Å². The third-order valence-corrected chi connectivity index (χ3v) is 3.97. The van der Waals surface area contributed by atoms with Crippen LogP contribution < -0.4 is 5.73 Å². The number of aromatic nitrogens is 5. The molecule has 2 aromatic heterocycles. The van der Waals surface area contributed by atoms with Crippen LogP contribution in [0.5, 0.6) is 0 Å². The first kappa shape index (κ1) is 16.1. The molecule has 4 aromatic rings. The molecule has 0 bridgehead atoms. The van der Waals surface area contributed by atoms with Crippen molar-refractivity contribution in [1.29, 1.82) is 0 Å². The fourth-order valence-corrected chi connectivity index (χ4v) is 2.63. The van der Waals surface area contributed by atoms with Gasteiger partial charge in [-0.05, 0) is 29.8 Å². The van der Waals surface area contributed by atoms with Gasteiger partial charge in [0.2, 0.25) is 0 Å². The summed E-state index contributed by atoms with van der Waals surface area (Å²) < 4.78 is 27.4. The Labute approximate surface area is 146 Å². The van der Waals surface area contributed by atoms with E-state index in [4.69, 9.17) is 5.73 Å². The van der Waals surface area contributed by atoms with Crippen molar-refractivity contribution >= 4 is 23.1 Å². The highest BCUT2D eigenvalue weighted by Gasteiger charge is 2.14. The Kier molecular flexibility index (Phi) is 4.02. The number of fused-ring (bicyclic) bond motifs is 1. The minimum atomic E-state index is -0.449. The second-order valence-electron chi connectivity index (χ2n) is 5.70. The number of hydrogen-bond donors (Lipinski definition) is 3. The maximum atomic E-state index is 14.4. The summed E-state index contributed by atoms with van der Waals surface area (Å²) in [6.45, 7) is 0.189. The standard InChI is InChI=1S/C18H14F2N6/c19-11-4-1-10(2-5-11)3-6-15-13-7-12(14(20)8-16(13)24-23-15)18-22-17(9-21)25-26-18/h1-8H,9,21H2,(H,23,24)(H,22,25,26)/b6-3+. The van der Waals surface area contributed by atoms with E-state index >= 15 is 0 Å². The summed E-state index contributed by atoms with van der Waals surface area (Å²) in [4.78, 5) is 2.89. The zero-order chi connectivity index (χ0) is 18.1. The highest BCUT2D eigenvalue weighted by Crippen LogP contribution is 2.27. The Balaban J connectivity index is 1.74. The number of benzene rings is 2. The molecule has 0 radical (unpaired) electrons. The molecular weight excluding hydrogens is 338 g/mol. The Hall–Kier alpha value is -3.39. The van der Waals surface area contributed by atoms with E-state index in [1.165, 1.54) is 18.2 Å². The SMILES string of the molecule is NCc1nnc(-c2cc3c(/C=C/c4ccc(F)cc4)n[nH]c3cc2F)[nH]1. The molecule has 0 aliphatic rings. The predicted octanol–water partition coefficient (Wildman–Crippen LogP) is 3.26. The number of halogens is 2. The molecule has 0 saturated heterocycles. The zero-order valence-electron chi connectivity index (χ0n) is 13.5. The summed E-state index contributed by atoms with van der Waals surface area (Å²) in [5, 5.41) is 15.5. The lowest BCUT2D eigenvalue weighted by Gasteiger charge is -2.00. The van der Waals surface area contributed by atoms with Crippen LogP contribution in [-0.4, -0.2) is 25.4 Å².